The molecule has 1 N–H and O–H groups in total. The third-order valence-electron chi connectivity index (χ3n) is 5.35. The predicted molar refractivity (Wildman–Crippen MR) is 139 cm³/mol. The molecule has 0 saturated carbocycles. The SMILES string of the molecule is CCOC(=O)c1ccc(N2C(=O)NC(=O)/C(=C\c3ccc(OCc4ccccc4Cl)c(Cl)c3)C2=O)cc1. The Labute approximate surface area is 222 Å². The van der Waals surface area contributed by atoms with Crippen LogP contribution in [0.1, 0.15) is 28.4 Å². The first-order valence-electron chi connectivity index (χ1n) is 11.1. The van der Waals surface area contributed by atoms with E-state index in [9.17, 15) is 19.2 Å². The molecule has 0 bridgehead atoms. The lowest BCUT2D eigenvalue weighted by molar-refractivity contribution is -0.122. The molecule has 1 aliphatic rings. The average Bonchev–Trinajstić information content (AvgIpc) is 2.87. The lowest BCUT2D eigenvalue weighted by Crippen LogP contribution is -2.54. The number of imide groups is 2. The van der Waals surface area contributed by atoms with Gasteiger partial charge >= 0.3 is 12.0 Å². The average molecular weight is 539 g/mol. The highest BCUT2D eigenvalue weighted by Gasteiger charge is 2.36. The molecule has 3 aromatic rings. The van der Waals surface area contributed by atoms with Crippen LogP contribution in [0.3, 0.4) is 0 Å². The third kappa shape index (κ3) is 5.82. The molecule has 4 amide bonds. The maximum Gasteiger partial charge on any atom is 0.338 e. The molecule has 1 heterocycles. The molecule has 0 unspecified atom stereocenters. The van der Waals surface area contributed by atoms with Gasteiger partial charge in [-0.1, -0.05) is 47.5 Å². The summed E-state index contributed by atoms with van der Waals surface area (Å²) in [5, 5.41) is 2.98. The summed E-state index contributed by atoms with van der Waals surface area (Å²) < 4.78 is 10.7. The summed E-state index contributed by atoms with van der Waals surface area (Å²) in [6.07, 6.45) is 1.33. The summed E-state index contributed by atoms with van der Waals surface area (Å²) in [4.78, 5) is 50.7. The van der Waals surface area contributed by atoms with Crippen molar-refractivity contribution in [1.82, 2.24) is 5.32 Å². The minimum atomic E-state index is -0.905. The fourth-order valence-corrected chi connectivity index (χ4v) is 3.95. The largest absolute Gasteiger partial charge is 0.487 e. The van der Waals surface area contributed by atoms with E-state index in [-0.39, 0.29) is 35.1 Å². The molecular formula is C27H20Cl2N2O6. The molecule has 3 aromatic carbocycles. The number of benzene rings is 3. The van der Waals surface area contributed by atoms with Crippen LogP contribution in [0, 0.1) is 0 Å². The number of amides is 4. The van der Waals surface area contributed by atoms with E-state index in [0.717, 1.165) is 10.5 Å². The number of rotatable bonds is 7. The quantitative estimate of drug-likeness (QED) is 0.245. The van der Waals surface area contributed by atoms with Gasteiger partial charge in [0.25, 0.3) is 11.8 Å². The monoisotopic (exact) mass is 538 g/mol. The van der Waals surface area contributed by atoms with Crippen molar-refractivity contribution in [1.29, 1.82) is 0 Å². The Morgan fingerprint density at radius 1 is 0.973 bits per heavy atom. The van der Waals surface area contributed by atoms with Crippen molar-refractivity contribution in [2.24, 2.45) is 0 Å². The normalized spacial score (nSPS) is 14.5. The third-order valence-corrected chi connectivity index (χ3v) is 6.01. The molecule has 0 aliphatic carbocycles. The van der Waals surface area contributed by atoms with E-state index < -0.39 is 23.8 Å². The predicted octanol–water partition coefficient (Wildman–Crippen LogP) is 5.42. The standard InChI is InChI=1S/C27H20Cl2N2O6/c1-2-36-26(34)17-8-10-19(11-9-17)31-25(33)20(24(32)30-27(31)35)13-16-7-12-23(22(29)14-16)37-15-18-5-3-4-6-21(18)28/h3-14H,2,15H2,1H3,(H,30,32,35)/b20-13+. The molecule has 10 heteroatoms. The first kappa shape index (κ1) is 25.9. The van der Waals surface area contributed by atoms with E-state index in [0.29, 0.717) is 16.3 Å². The molecule has 8 nitrogen and oxygen atoms in total. The van der Waals surface area contributed by atoms with Crippen molar-refractivity contribution >= 4 is 58.8 Å². The van der Waals surface area contributed by atoms with Gasteiger partial charge in [-0.25, -0.2) is 14.5 Å². The minimum Gasteiger partial charge on any atom is -0.487 e. The van der Waals surface area contributed by atoms with Gasteiger partial charge in [0.15, 0.2) is 0 Å². The lowest BCUT2D eigenvalue weighted by atomic mass is 10.1. The summed E-state index contributed by atoms with van der Waals surface area (Å²) in [6.45, 7) is 2.09. The number of hydrogen-bond donors (Lipinski definition) is 1. The number of ether oxygens (including phenoxy) is 2. The molecule has 0 aromatic heterocycles. The molecule has 188 valence electrons. The fourth-order valence-electron chi connectivity index (χ4n) is 3.51. The van der Waals surface area contributed by atoms with Crippen molar-refractivity contribution in [3.05, 3.63) is 99.0 Å². The van der Waals surface area contributed by atoms with Crippen LogP contribution in [-0.4, -0.2) is 30.4 Å². The topological polar surface area (TPSA) is 102 Å². The fraction of sp³-hybridized carbons (Fsp3) is 0.111. The van der Waals surface area contributed by atoms with Gasteiger partial charge in [0.1, 0.15) is 17.9 Å². The van der Waals surface area contributed by atoms with Crippen molar-refractivity contribution in [3.63, 3.8) is 0 Å². The Bertz CT molecular complexity index is 1420. The molecule has 1 fully saturated rings. The van der Waals surface area contributed by atoms with Gasteiger partial charge in [0.2, 0.25) is 0 Å². The highest BCUT2D eigenvalue weighted by atomic mass is 35.5. The van der Waals surface area contributed by atoms with Crippen molar-refractivity contribution in [2.75, 3.05) is 11.5 Å². The van der Waals surface area contributed by atoms with E-state index in [4.69, 9.17) is 32.7 Å². The van der Waals surface area contributed by atoms with Crippen molar-refractivity contribution < 1.29 is 28.7 Å². The van der Waals surface area contributed by atoms with Crippen LogP contribution in [-0.2, 0) is 20.9 Å². The number of anilines is 1. The van der Waals surface area contributed by atoms with Crippen LogP contribution in [0.5, 0.6) is 5.75 Å². The summed E-state index contributed by atoms with van der Waals surface area (Å²) in [6, 6.07) is 16.8. The zero-order chi connectivity index (χ0) is 26.5. The van der Waals surface area contributed by atoms with Gasteiger partial charge in [-0.2, -0.15) is 0 Å². The summed E-state index contributed by atoms with van der Waals surface area (Å²) >= 11 is 12.5. The molecular weight excluding hydrogens is 519 g/mol. The van der Waals surface area contributed by atoms with Crippen LogP contribution in [0.2, 0.25) is 10.0 Å². The first-order valence-corrected chi connectivity index (χ1v) is 11.9. The van der Waals surface area contributed by atoms with E-state index in [1.165, 1.54) is 36.4 Å². The Kier molecular flexibility index (Phi) is 7.91. The number of carbonyl (C=O) groups excluding carboxylic acids is 4. The van der Waals surface area contributed by atoms with Crippen molar-refractivity contribution in [2.45, 2.75) is 13.5 Å². The number of nitrogens with one attached hydrogen (secondary N) is 1. The highest BCUT2D eigenvalue weighted by Crippen LogP contribution is 2.29. The van der Waals surface area contributed by atoms with Gasteiger partial charge in [-0.15, -0.1) is 0 Å². The number of nitrogens with zero attached hydrogens (tertiary/aromatic N) is 1. The van der Waals surface area contributed by atoms with E-state index in [1.807, 2.05) is 18.2 Å². The van der Waals surface area contributed by atoms with Gasteiger partial charge in [-0.05, 0) is 61.0 Å². The molecule has 0 radical (unpaired) electrons. The van der Waals surface area contributed by atoms with Gasteiger partial charge in [0.05, 0.1) is 22.9 Å². The van der Waals surface area contributed by atoms with E-state index in [2.05, 4.69) is 5.32 Å². The van der Waals surface area contributed by atoms with Crippen molar-refractivity contribution in [3.8, 4) is 5.75 Å². The number of hydrogen-bond acceptors (Lipinski definition) is 6. The van der Waals surface area contributed by atoms with Gasteiger partial charge in [0, 0.05) is 10.6 Å². The number of halogens is 2. The molecule has 0 atom stereocenters. The Morgan fingerprint density at radius 3 is 2.38 bits per heavy atom. The molecule has 4 rings (SSSR count). The summed E-state index contributed by atoms with van der Waals surface area (Å²) in [5.74, 6) is -1.81. The molecule has 1 aliphatic heterocycles. The highest BCUT2D eigenvalue weighted by molar-refractivity contribution is 6.39. The Hall–Kier alpha value is -4.14. The second kappa shape index (κ2) is 11.3. The Morgan fingerprint density at radius 2 is 1.70 bits per heavy atom. The van der Waals surface area contributed by atoms with Crippen LogP contribution < -0.4 is 15.0 Å². The summed E-state index contributed by atoms with van der Waals surface area (Å²) in [7, 11) is 0. The molecule has 0 spiro atoms. The number of barbiturate groups is 1. The molecule has 1 saturated heterocycles. The zero-order valence-electron chi connectivity index (χ0n) is 19.5. The van der Waals surface area contributed by atoms with Crippen LogP contribution >= 0.6 is 23.2 Å². The number of esters is 1. The maximum atomic E-state index is 13.1. The maximum absolute atomic E-state index is 13.1. The van der Waals surface area contributed by atoms with E-state index >= 15 is 0 Å². The lowest BCUT2D eigenvalue weighted by Gasteiger charge is -2.26. The van der Waals surface area contributed by atoms with Crippen LogP contribution in [0.4, 0.5) is 10.5 Å². The Balaban J connectivity index is 1.54. The van der Waals surface area contributed by atoms with Crippen LogP contribution in [0.25, 0.3) is 6.08 Å². The first-order chi connectivity index (χ1) is 17.8. The molecule has 37 heavy (non-hydrogen) atoms. The zero-order valence-corrected chi connectivity index (χ0v) is 21.0. The number of urea groups is 1. The number of carbonyl (C=O) groups is 4. The summed E-state index contributed by atoms with van der Waals surface area (Å²) in [5.41, 5.74) is 1.40. The van der Waals surface area contributed by atoms with Gasteiger partial charge < -0.3 is 9.47 Å². The van der Waals surface area contributed by atoms with Crippen LogP contribution in [0.15, 0.2) is 72.3 Å². The smallest absolute Gasteiger partial charge is 0.338 e. The second-order valence-corrected chi connectivity index (χ2v) is 8.61. The minimum absolute atomic E-state index is 0.176. The second-order valence-electron chi connectivity index (χ2n) is 7.80. The van der Waals surface area contributed by atoms with Gasteiger partial charge in [-0.3, -0.25) is 14.9 Å². The van der Waals surface area contributed by atoms with E-state index in [1.54, 1.807) is 25.1 Å².